The van der Waals surface area contributed by atoms with Crippen LogP contribution in [0, 0.1) is 0 Å². The van der Waals surface area contributed by atoms with Crippen molar-refractivity contribution >= 4 is 43.2 Å². The van der Waals surface area contributed by atoms with Crippen molar-refractivity contribution < 1.29 is 4.79 Å². The second kappa shape index (κ2) is 9.72. The molecule has 3 aromatic carbocycles. The van der Waals surface area contributed by atoms with E-state index in [0.29, 0.717) is 22.3 Å². The van der Waals surface area contributed by atoms with Gasteiger partial charge in [-0.3, -0.25) is 18.7 Å². The number of carbonyl (C=O) groups excluding carboxylic acids is 1. The highest BCUT2D eigenvalue weighted by molar-refractivity contribution is 7.25. The van der Waals surface area contributed by atoms with E-state index in [1.807, 2.05) is 78.9 Å². The maximum absolute atomic E-state index is 13.6. The van der Waals surface area contributed by atoms with E-state index in [-0.39, 0.29) is 24.6 Å². The predicted molar refractivity (Wildman–Crippen MR) is 142 cm³/mol. The molecule has 0 bridgehead atoms. The number of anilines is 1. The lowest BCUT2D eigenvalue weighted by molar-refractivity contribution is -0.116. The molecule has 1 N–H and O–H groups in total. The fraction of sp³-hybridized carbons (Fsp3) is 0.179. The van der Waals surface area contributed by atoms with Crippen LogP contribution in [0.25, 0.3) is 20.3 Å². The first-order chi connectivity index (χ1) is 17.0. The number of benzene rings is 3. The number of aryl methyl sites for hydroxylation is 2. The van der Waals surface area contributed by atoms with Crippen LogP contribution in [0.5, 0.6) is 0 Å². The summed E-state index contributed by atoms with van der Waals surface area (Å²) in [7, 11) is 0. The summed E-state index contributed by atoms with van der Waals surface area (Å²) >= 11 is 1.36. The van der Waals surface area contributed by atoms with Crippen molar-refractivity contribution in [3.63, 3.8) is 0 Å². The molecule has 0 unspecified atom stereocenters. The van der Waals surface area contributed by atoms with E-state index in [2.05, 4.69) is 12.2 Å². The Morgan fingerprint density at radius 1 is 0.857 bits per heavy atom. The largest absolute Gasteiger partial charge is 0.332 e. The van der Waals surface area contributed by atoms with Gasteiger partial charge in [-0.2, -0.15) is 0 Å². The lowest BCUT2D eigenvalue weighted by atomic mass is 10.1. The summed E-state index contributed by atoms with van der Waals surface area (Å²) in [5.41, 5.74) is 2.62. The molecule has 5 aromatic rings. The van der Waals surface area contributed by atoms with Gasteiger partial charge in [0.1, 0.15) is 11.2 Å². The van der Waals surface area contributed by atoms with Gasteiger partial charge in [-0.1, -0.05) is 67.6 Å². The van der Waals surface area contributed by atoms with Gasteiger partial charge in [0.05, 0.1) is 5.52 Å². The molecule has 0 saturated carbocycles. The molecule has 176 valence electrons. The average Bonchev–Trinajstić information content (AvgIpc) is 3.27. The molecule has 0 aliphatic heterocycles. The molecule has 5 rings (SSSR count). The zero-order chi connectivity index (χ0) is 24.4. The fourth-order valence-electron chi connectivity index (χ4n) is 4.29. The summed E-state index contributed by atoms with van der Waals surface area (Å²) in [5.74, 6) is -0.318. The topological polar surface area (TPSA) is 73.1 Å². The van der Waals surface area contributed by atoms with Crippen LogP contribution in [0.4, 0.5) is 5.69 Å². The number of aromatic nitrogens is 2. The van der Waals surface area contributed by atoms with Crippen molar-refractivity contribution in [3.05, 3.63) is 111 Å². The van der Waals surface area contributed by atoms with Crippen molar-refractivity contribution in [1.82, 2.24) is 9.13 Å². The van der Waals surface area contributed by atoms with Gasteiger partial charge in [0.2, 0.25) is 5.91 Å². The second-order valence-corrected chi connectivity index (χ2v) is 9.49. The van der Waals surface area contributed by atoms with E-state index >= 15 is 0 Å². The predicted octanol–water partition coefficient (Wildman–Crippen LogP) is 4.82. The van der Waals surface area contributed by atoms with Crippen LogP contribution >= 0.6 is 11.3 Å². The minimum absolute atomic E-state index is 0.183. The molecule has 35 heavy (non-hydrogen) atoms. The Kier molecular flexibility index (Phi) is 6.33. The third kappa shape index (κ3) is 4.55. The molecule has 0 aliphatic rings. The van der Waals surface area contributed by atoms with Crippen LogP contribution in [0.1, 0.15) is 18.1 Å². The fourth-order valence-corrected chi connectivity index (χ4v) is 5.45. The van der Waals surface area contributed by atoms with Crippen LogP contribution in [-0.2, 0) is 30.7 Å². The van der Waals surface area contributed by atoms with Gasteiger partial charge in [0.15, 0.2) is 0 Å². The quantitative estimate of drug-likeness (QED) is 0.361. The van der Waals surface area contributed by atoms with E-state index in [4.69, 9.17) is 0 Å². The molecular weight excluding hydrogens is 458 g/mol. The van der Waals surface area contributed by atoms with Crippen LogP contribution in [0.3, 0.4) is 0 Å². The molecule has 0 spiro atoms. The molecule has 6 nitrogen and oxygen atoms in total. The summed E-state index contributed by atoms with van der Waals surface area (Å²) in [4.78, 5) is 40.0. The van der Waals surface area contributed by atoms with Crippen LogP contribution in [0.15, 0.2) is 88.5 Å². The number of amides is 1. The zero-order valence-corrected chi connectivity index (χ0v) is 20.2. The monoisotopic (exact) mass is 483 g/mol. The molecule has 7 heteroatoms. The summed E-state index contributed by atoms with van der Waals surface area (Å²) in [6.07, 6.45) is 1.46. The summed E-state index contributed by atoms with van der Waals surface area (Å²) in [6.45, 7) is 2.13. The molecule has 0 atom stereocenters. The third-order valence-corrected chi connectivity index (χ3v) is 7.30. The van der Waals surface area contributed by atoms with Gasteiger partial charge in [0.25, 0.3) is 5.56 Å². The molecule has 0 saturated heterocycles. The van der Waals surface area contributed by atoms with Gasteiger partial charge in [-0.05, 0) is 42.2 Å². The molecule has 0 aliphatic carbocycles. The SMILES string of the molecule is CCc1ccc(NC(=O)Cn2c(=O)n(CCc3ccccc3)c(=O)c3sc4ccccc4c32)cc1. The Morgan fingerprint density at radius 3 is 2.31 bits per heavy atom. The van der Waals surface area contributed by atoms with E-state index < -0.39 is 5.69 Å². The van der Waals surface area contributed by atoms with Gasteiger partial charge < -0.3 is 5.32 Å². The molecule has 1 amide bonds. The van der Waals surface area contributed by atoms with Crippen molar-refractivity contribution in [2.75, 3.05) is 5.32 Å². The Hall–Kier alpha value is -3.97. The Bertz CT molecular complexity index is 1630. The summed E-state index contributed by atoms with van der Waals surface area (Å²) in [5, 5.41) is 3.69. The number of thiophene rings is 1. The van der Waals surface area contributed by atoms with Crippen LogP contribution in [-0.4, -0.2) is 15.0 Å². The third-order valence-electron chi connectivity index (χ3n) is 6.15. The lowest BCUT2D eigenvalue weighted by Gasteiger charge is -2.13. The number of nitrogens with one attached hydrogen (secondary N) is 1. The number of carbonyl (C=O) groups is 1. The minimum Gasteiger partial charge on any atom is -0.325 e. The van der Waals surface area contributed by atoms with E-state index in [1.165, 1.54) is 26.0 Å². The first-order valence-corrected chi connectivity index (χ1v) is 12.4. The standard InChI is InChI=1S/C28H25N3O3S/c1-2-19-12-14-21(15-13-19)29-24(32)18-31-25-22-10-6-7-11-23(22)35-26(25)27(33)30(28(31)34)17-16-20-8-4-3-5-9-20/h3-15H,2,16-18H2,1H3,(H,29,32). The van der Waals surface area contributed by atoms with Crippen molar-refractivity contribution in [2.24, 2.45) is 0 Å². The van der Waals surface area contributed by atoms with E-state index in [1.54, 1.807) is 0 Å². The van der Waals surface area contributed by atoms with Gasteiger partial charge in [-0.15, -0.1) is 11.3 Å². The Morgan fingerprint density at radius 2 is 1.57 bits per heavy atom. The maximum atomic E-state index is 13.6. The van der Waals surface area contributed by atoms with E-state index in [0.717, 1.165) is 22.1 Å². The van der Waals surface area contributed by atoms with Crippen LogP contribution < -0.4 is 16.6 Å². The number of rotatable bonds is 7. The first kappa shape index (κ1) is 22.8. The number of hydrogen-bond donors (Lipinski definition) is 1. The number of nitrogens with zero attached hydrogens (tertiary/aromatic N) is 2. The molecule has 2 heterocycles. The number of fused-ring (bicyclic) bond motifs is 3. The van der Waals surface area contributed by atoms with Crippen molar-refractivity contribution in [3.8, 4) is 0 Å². The second-order valence-electron chi connectivity index (χ2n) is 8.44. The smallest absolute Gasteiger partial charge is 0.325 e. The highest BCUT2D eigenvalue weighted by Crippen LogP contribution is 2.30. The summed E-state index contributed by atoms with van der Waals surface area (Å²) in [6, 6.07) is 25.0. The van der Waals surface area contributed by atoms with Crippen LogP contribution in [0.2, 0.25) is 0 Å². The van der Waals surface area contributed by atoms with Gasteiger partial charge in [-0.25, -0.2) is 4.79 Å². The maximum Gasteiger partial charge on any atom is 0.332 e. The van der Waals surface area contributed by atoms with E-state index in [9.17, 15) is 14.4 Å². The highest BCUT2D eigenvalue weighted by Gasteiger charge is 2.20. The molecule has 0 fully saturated rings. The molecular formula is C28H25N3O3S. The van der Waals surface area contributed by atoms with Crippen molar-refractivity contribution in [1.29, 1.82) is 0 Å². The normalized spacial score (nSPS) is 11.2. The minimum atomic E-state index is -0.474. The Labute approximate surface area is 206 Å². The summed E-state index contributed by atoms with van der Waals surface area (Å²) < 4.78 is 4.09. The van der Waals surface area contributed by atoms with Gasteiger partial charge >= 0.3 is 5.69 Å². The lowest BCUT2D eigenvalue weighted by Crippen LogP contribution is -2.41. The number of hydrogen-bond acceptors (Lipinski definition) is 4. The molecule has 2 aromatic heterocycles. The zero-order valence-electron chi connectivity index (χ0n) is 19.4. The Balaban J connectivity index is 1.56. The van der Waals surface area contributed by atoms with Crippen molar-refractivity contribution in [2.45, 2.75) is 32.9 Å². The molecule has 0 radical (unpaired) electrons. The highest BCUT2D eigenvalue weighted by atomic mass is 32.1. The van der Waals surface area contributed by atoms with Gasteiger partial charge in [0, 0.05) is 22.3 Å². The average molecular weight is 484 g/mol. The first-order valence-electron chi connectivity index (χ1n) is 11.6.